The molecule has 1 aliphatic carbocycles. The molecular weight excluding hydrogens is 266 g/mol. The Labute approximate surface area is 105 Å². The molecule has 1 saturated carbocycles. The summed E-state index contributed by atoms with van der Waals surface area (Å²) >= 11 is 3.58. The maximum Gasteiger partial charge on any atom is 0.0741 e. The first-order valence-corrected chi connectivity index (χ1v) is 6.58. The third-order valence-corrected chi connectivity index (χ3v) is 3.87. The summed E-state index contributed by atoms with van der Waals surface area (Å²) in [6.07, 6.45) is 2.88. The van der Waals surface area contributed by atoms with Gasteiger partial charge in [0, 0.05) is 4.47 Å². The Morgan fingerprint density at radius 1 is 1.31 bits per heavy atom. The minimum Gasteiger partial charge on any atom is -0.391 e. The summed E-state index contributed by atoms with van der Waals surface area (Å²) in [6.45, 7) is 4.19. The number of benzene rings is 1. The van der Waals surface area contributed by atoms with Crippen molar-refractivity contribution in [1.29, 1.82) is 0 Å². The SMILES string of the molecule is Cc1cc(C)c(N[C@@H]2CCC[C@H]2O)c(Br)c1. The van der Waals surface area contributed by atoms with Gasteiger partial charge in [0.15, 0.2) is 0 Å². The monoisotopic (exact) mass is 283 g/mol. The molecule has 0 spiro atoms. The summed E-state index contributed by atoms with van der Waals surface area (Å²) in [5.74, 6) is 0. The number of anilines is 1. The molecular formula is C13H18BrNO. The van der Waals surface area contributed by atoms with Crippen molar-refractivity contribution in [2.24, 2.45) is 0 Å². The average Bonchev–Trinajstić information content (AvgIpc) is 2.57. The quantitative estimate of drug-likeness (QED) is 0.872. The largest absolute Gasteiger partial charge is 0.391 e. The molecule has 0 amide bonds. The van der Waals surface area contributed by atoms with Crippen LogP contribution in [0.4, 0.5) is 5.69 Å². The second kappa shape index (κ2) is 4.76. The highest BCUT2D eigenvalue weighted by molar-refractivity contribution is 9.10. The number of aryl methyl sites for hydroxylation is 2. The van der Waals surface area contributed by atoms with Gasteiger partial charge < -0.3 is 10.4 Å². The van der Waals surface area contributed by atoms with Crippen LogP contribution in [0.2, 0.25) is 0 Å². The Kier molecular flexibility index (Phi) is 3.55. The summed E-state index contributed by atoms with van der Waals surface area (Å²) in [4.78, 5) is 0. The maximum absolute atomic E-state index is 9.81. The lowest BCUT2D eigenvalue weighted by Crippen LogP contribution is -2.28. The van der Waals surface area contributed by atoms with Gasteiger partial charge in [-0.3, -0.25) is 0 Å². The number of aliphatic hydroxyl groups excluding tert-OH is 1. The highest BCUT2D eigenvalue weighted by atomic mass is 79.9. The van der Waals surface area contributed by atoms with Gasteiger partial charge in [-0.05, 0) is 66.2 Å². The standard InChI is InChI=1S/C13H18BrNO/c1-8-6-9(2)13(10(14)7-8)15-11-4-3-5-12(11)16/h6-7,11-12,15-16H,3-5H2,1-2H3/t11-,12-/m1/s1. The van der Waals surface area contributed by atoms with Crippen molar-refractivity contribution in [2.75, 3.05) is 5.32 Å². The summed E-state index contributed by atoms with van der Waals surface area (Å²) in [5.41, 5.74) is 3.60. The Morgan fingerprint density at radius 3 is 2.62 bits per heavy atom. The summed E-state index contributed by atoms with van der Waals surface area (Å²) in [6, 6.07) is 4.48. The maximum atomic E-state index is 9.81. The second-order valence-electron chi connectivity index (χ2n) is 4.69. The first-order chi connectivity index (χ1) is 7.58. The fourth-order valence-electron chi connectivity index (χ4n) is 2.39. The van der Waals surface area contributed by atoms with Crippen LogP contribution in [0.3, 0.4) is 0 Å². The van der Waals surface area contributed by atoms with Crippen LogP contribution < -0.4 is 5.32 Å². The molecule has 1 fully saturated rings. The van der Waals surface area contributed by atoms with E-state index < -0.39 is 0 Å². The van der Waals surface area contributed by atoms with Crippen LogP contribution in [0.25, 0.3) is 0 Å². The van der Waals surface area contributed by atoms with Gasteiger partial charge in [0.2, 0.25) is 0 Å². The van der Waals surface area contributed by atoms with Crippen molar-refractivity contribution in [3.63, 3.8) is 0 Å². The van der Waals surface area contributed by atoms with E-state index in [0.717, 1.165) is 29.4 Å². The fourth-order valence-corrected chi connectivity index (χ4v) is 3.18. The molecule has 0 saturated heterocycles. The van der Waals surface area contributed by atoms with Crippen LogP contribution >= 0.6 is 15.9 Å². The number of aliphatic hydroxyl groups is 1. The van der Waals surface area contributed by atoms with Gasteiger partial charge in [0.25, 0.3) is 0 Å². The molecule has 0 unspecified atom stereocenters. The number of nitrogens with one attached hydrogen (secondary N) is 1. The molecule has 2 N–H and O–H groups in total. The number of hydrogen-bond donors (Lipinski definition) is 2. The Balaban J connectivity index is 2.21. The zero-order valence-corrected chi connectivity index (χ0v) is 11.3. The first kappa shape index (κ1) is 11.9. The van der Waals surface area contributed by atoms with Crippen molar-refractivity contribution in [3.8, 4) is 0 Å². The topological polar surface area (TPSA) is 32.3 Å². The van der Waals surface area contributed by atoms with E-state index in [9.17, 15) is 5.11 Å². The molecule has 16 heavy (non-hydrogen) atoms. The van der Waals surface area contributed by atoms with Crippen LogP contribution in [-0.2, 0) is 0 Å². The third kappa shape index (κ3) is 2.41. The first-order valence-electron chi connectivity index (χ1n) is 5.79. The molecule has 1 aromatic rings. The van der Waals surface area contributed by atoms with Gasteiger partial charge >= 0.3 is 0 Å². The van der Waals surface area contributed by atoms with Crippen molar-refractivity contribution >= 4 is 21.6 Å². The predicted octanol–water partition coefficient (Wildman–Crippen LogP) is 3.39. The highest BCUT2D eigenvalue weighted by Gasteiger charge is 2.25. The molecule has 0 heterocycles. The molecule has 0 aliphatic heterocycles. The Hall–Kier alpha value is -0.540. The predicted molar refractivity (Wildman–Crippen MR) is 70.9 cm³/mol. The molecule has 1 aromatic carbocycles. The van der Waals surface area contributed by atoms with Crippen LogP contribution in [0.5, 0.6) is 0 Å². The van der Waals surface area contributed by atoms with Gasteiger partial charge in [0.1, 0.15) is 0 Å². The molecule has 0 aromatic heterocycles. The van der Waals surface area contributed by atoms with E-state index in [1.54, 1.807) is 0 Å². The highest BCUT2D eigenvalue weighted by Crippen LogP contribution is 2.31. The van der Waals surface area contributed by atoms with E-state index in [2.05, 4.69) is 47.2 Å². The van der Waals surface area contributed by atoms with Crippen LogP contribution in [-0.4, -0.2) is 17.3 Å². The fraction of sp³-hybridized carbons (Fsp3) is 0.538. The van der Waals surface area contributed by atoms with Gasteiger partial charge in [0.05, 0.1) is 17.8 Å². The van der Waals surface area contributed by atoms with Crippen molar-refractivity contribution in [3.05, 3.63) is 27.7 Å². The lowest BCUT2D eigenvalue weighted by Gasteiger charge is -2.21. The summed E-state index contributed by atoms with van der Waals surface area (Å²) in [5, 5.41) is 13.3. The van der Waals surface area contributed by atoms with Crippen LogP contribution in [0, 0.1) is 13.8 Å². The van der Waals surface area contributed by atoms with Crippen molar-refractivity contribution in [1.82, 2.24) is 0 Å². The van der Waals surface area contributed by atoms with Crippen LogP contribution in [0.1, 0.15) is 30.4 Å². The zero-order valence-electron chi connectivity index (χ0n) is 9.76. The Bertz CT molecular complexity index is 369. The minimum atomic E-state index is -0.201. The number of hydrogen-bond acceptors (Lipinski definition) is 2. The number of halogens is 1. The van der Waals surface area contributed by atoms with Gasteiger partial charge in [-0.25, -0.2) is 0 Å². The third-order valence-electron chi connectivity index (χ3n) is 3.24. The molecule has 2 rings (SSSR count). The molecule has 2 atom stereocenters. The molecule has 0 bridgehead atoms. The van der Waals surface area contributed by atoms with Gasteiger partial charge in [-0.2, -0.15) is 0 Å². The zero-order chi connectivity index (χ0) is 11.7. The van der Waals surface area contributed by atoms with E-state index in [1.807, 2.05) is 0 Å². The normalized spacial score (nSPS) is 24.8. The minimum absolute atomic E-state index is 0.201. The van der Waals surface area contributed by atoms with Crippen molar-refractivity contribution < 1.29 is 5.11 Å². The van der Waals surface area contributed by atoms with Crippen LogP contribution in [0.15, 0.2) is 16.6 Å². The summed E-state index contributed by atoms with van der Waals surface area (Å²) < 4.78 is 1.09. The van der Waals surface area contributed by atoms with E-state index >= 15 is 0 Å². The lowest BCUT2D eigenvalue weighted by atomic mass is 10.1. The van der Waals surface area contributed by atoms with E-state index in [4.69, 9.17) is 0 Å². The van der Waals surface area contributed by atoms with E-state index in [-0.39, 0.29) is 12.1 Å². The smallest absolute Gasteiger partial charge is 0.0741 e. The van der Waals surface area contributed by atoms with Gasteiger partial charge in [-0.15, -0.1) is 0 Å². The van der Waals surface area contributed by atoms with E-state index in [1.165, 1.54) is 11.1 Å². The molecule has 88 valence electrons. The van der Waals surface area contributed by atoms with Crippen molar-refractivity contribution in [2.45, 2.75) is 45.3 Å². The summed E-state index contributed by atoms with van der Waals surface area (Å²) in [7, 11) is 0. The van der Waals surface area contributed by atoms with E-state index in [0.29, 0.717) is 0 Å². The van der Waals surface area contributed by atoms with Gasteiger partial charge in [-0.1, -0.05) is 6.07 Å². The number of rotatable bonds is 2. The average molecular weight is 284 g/mol. The molecule has 3 heteroatoms. The lowest BCUT2D eigenvalue weighted by molar-refractivity contribution is 0.172. The second-order valence-corrected chi connectivity index (χ2v) is 5.54. The molecule has 0 radical (unpaired) electrons. The Morgan fingerprint density at radius 2 is 2.06 bits per heavy atom. The molecule has 1 aliphatic rings. The molecule has 2 nitrogen and oxygen atoms in total.